The first-order valence-corrected chi connectivity index (χ1v) is 9.49. The zero-order chi connectivity index (χ0) is 18.2. The predicted octanol–water partition coefficient (Wildman–Crippen LogP) is 1.90. The summed E-state index contributed by atoms with van der Waals surface area (Å²) in [6.07, 6.45) is 5.97. The third-order valence-corrected chi connectivity index (χ3v) is 5.14. The van der Waals surface area contributed by atoms with Gasteiger partial charge in [0.15, 0.2) is 0 Å². The average Bonchev–Trinajstić information content (AvgIpc) is 3.10. The summed E-state index contributed by atoms with van der Waals surface area (Å²) in [5.41, 5.74) is 0. The first-order chi connectivity index (χ1) is 12.0. The molecule has 1 aliphatic carbocycles. The fourth-order valence-electron chi connectivity index (χ4n) is 3.76. The summed E-state index contributed by atoms with van der Waals surface area (Å²) in [5, 5.41) is 3.04. The Balaban J connectivity index is 1.70. The van der Waals surface area contributed by atoms with Gasteiger partial charge < -0.3 is 19.9 Å². The molecule has 1 aliphatic heterocycles. The molecule has 0 aromatic carbocycles. The van der Waals surface area contributed by atoms with Gasteiger partial charge in [0.2, 0.25) is 11.8 Å². The van der Waals surface area contributed by atoms with Crippen molar-refractivity contribution in [3.05, 3.63) is 0 Å². The number of carbonyl (C=O) groups is 3. The van der Waals surface area contributed by atoms with Crippen LogP contribution in [0.5, 0.6) is 0 Å². The lowest BCUT2D eigenvalue weighted by molar-refractivity contribution is -0.132. The van der Waals surface area contributed by atoms with Crippen LogP contribution >= 0.6 is 0 Å². The summed E-state index contributed by atoms with van der Waals surface area (Å²) in [4.78, 5) is 39.3. The van der Waals surface area contributed by atoms with E-state index >= 15 is 0 Å². The second kappa shape index (κ2) is 9.63. The first kappa shape index (κ1) is 19.5. The van der Waals surface area contributed by atoms with Gasteiger partial charge in [0.1, 0.15) is 0 Å². The highest BCUT2D eigenvalue weighted by atomic mass is 16.6. The number of piperidine rings is 1. The van der Waals surface area contributed by atoms with Gasteiger partial charge in [-0.15, -0.1) is 0 Å². The van der Waals surface area contributed by atoms with Gasteiger partial charge in [-0.1, -0.05) is 12.8 Å². The number of rotatable bonds is 6. The number of amides is 3. The first-order valence-electron chi connectivity index (χ1n) is 9.49. The molecule has 1 saturated carbocycles. The number of ether oxygens (including phenoxy) is 1. The summed E-state index contributed by atoms with van der Waals surface area (Å²) in [7, 11) is 0. The van der Waals surface area contributed by atoms with Gasteiger partial charge in [-0.05, 0) is 32.6 Å². The molecule has 0 bridgehead atoms. The smallest absolute Gasteiger partial charge is 0.409 e. The lowest BCUT2D eigenvalue weighted by atomic mass is 10.1. The van der Waals surface area contributed by atoms with Gasteiger partial charge in [-0.2, -0.15) is 0 Å². The van der Waals surface area contributed by atoms with E-state index in [4.69, 9.17) is 4.74 Å². The second-order valence-electron chi connectivity index (χ2n) is 6.93. The van der Waals surface area contributed by atoms with E-state index < -0.39 is 0 Å². The van der Waals surface area contributed by atoms with Gasteiger partial charge in [-0.3, -0.25) is 9.59 Å². The minimum absolute atomic E-state index is 0.0150. The number of hydrogen-bond acceptors (Lipinski definition) is 4. The van der Waals surface area contributed by atoms with E-state index in [0.717, 1.165) is 25.7 Å². The summed E-state index contributed by atoms with van der Waals surface area (Å²) >= 11 is 0. The van der Waals surface area contributed by atoms with E-state index in [0.29, 0.717) is 38.7 Å². The van der Waals surface area contributed by atoms with Crippen LogP contribution in [0.2, 0.25) is 0 Å². The monoisotopic (exact) mass is 353 g/mol. The molecule has 0 aromatic rings. The van der Waals surface area contributed by atoms with Crippen molar-refractivity contribution in [1.82, 2.24) is 15.1 Å². The van der Waals surface area contributed by atoms with E-state index in [2.05, 4.69) is 5.32 Å². The lowest BCUT2D eigenvalue weighted by Crippen LogP contribution is -2.47. The highest BCUT2D eigenvalue weighted by Crippen LogP contribution is 2.23. The molecule has 1 N–H and O–H groups in total. The zero-order valence-corrected chi connectivity index (χ0v) is 15.5. The maximum Gasteiger partial charge on any atom is 0.409 e. The molecule has 0 spiro atoms. The van der Waals surface area contributed by atoms with Crippen molar-refractivity contribution in [3.63, 3.8) is 0 Å². The molecule has 0 atom stereocenters. The van der Waals surface area contributed by atoms with Crippen LogP contribution in [0.25, 0.3) is 0 Å². The van der Waals surface area contributed by atoms with Crippen molar-refractivity contribution >= 4 is 17.9 Å². The SMILES string of the molecule is CCOC(=O)N1CCC(NC(=O)CCN(C(C)=O)C2CCCC2)CC1. The highest BCUT2D eigenvalue weighted by molar-refractivity contribution is 5.78. The van der Waals surface area contributed by atoms with Crippen LogP contribution in [0.15, 0.2) is 0 Å². The number of hydrogen-bond donors (Lipinski definition) is 1. The van der Waals surface area contributed by atoms with Gasteiger partial charge in [-0.25, -0.2) is 4.79 Å². The van der Waals surface area contributed by atoms with Crippen LogP contribution in [0.3, 0.4) is 0 Å². The molecular weight excluding hydrogens is 322 g/mol. The van der Waals surface area contributed by atoms with Crippen molar-refractivity contribution in [3.8, 4) is 0 Å². The normalized spacial score (nSPS) is 18.9. The van der Waals surface area contributed by atoms with Crippen molar-refractivity contribution < 1.29 is 19.1 Å². The van der Waals surface area contributed by atoms with E-state index in [9.17, 15) is 14.4 Å². The van der Waals surface area contributed by atoms with Crippen molar-refractivity contribution in [2.45, 2.75) is 70.9 Å². The summed E-state index contributed by atoms with van der Waals surface area (Å²) in [6, 6.07) is 0.397. The second-order valence-corrected chi connectivity index (χ2v) is 6.93. The Morgan fingerprint density at radius 3 is 2.32 bits per heavy atom. The van der Waals surface area contributed by atoms with E-state index in [-0.39, 0.29) is 23.9 Å². The maximum atomic E-state index is 12.2. The van der Waals surface area contributed by atoms with Crippen LogP contribution in [0.1, 0.15) is 58.8 Å². The molecule has 3 amide bonds. The standard InChI is InChI=1S/C18H31N3O4/c1-3-25-18(24)20-11-8-15(9-12-20)19-17(23)10-13-21(14(2)22)16-6-4-5-7-16/h15-16H,3-13H2,1-2H3,(H,19,23). The van der Waals surface area contributed by atoms with E-state index in [1.807, 2.05) is 4.90 Å². The van der Waals surface area contributed by atoms with Gasteiger partial charge in [0, 0.05) is 45.1 Å². The van der Waals surface area contributed by atoms with E-state index in [1.165, 1.54) is 12.8 Å². The third kappa shape index (κ3) is 5.90. The number of nitrogens with zero attached hydrogens (tertiary/aromatic N) is 2. The summed E-state index contributed by atoms with van der Waals surface area (Å²) in [6.45, 7) is 5.45. The van der Waals surface area contributed by atoms with Gasteiger partial charge >= 0.3 is 6.09 Å². The molecule has 0 radical (unpaired) electrons. The van der Waals surface area contributed by atoms with Crippen LogP contribution in [0, 0.1) is 0 Å². The van der Waals surface area contributed by atoms with Crippen LogP contribution in [-0.4, -0.2) is 66.0 Å². The Hall–Kier alpha value is -1.79. The Morgan fingerprint density at radius 2 is 1.76 bits per heavy atom. The molecule has 2 aliphatic rings. The number of likely N-dealkylation sites (tertiary alicyclic amines) is 1. The molecule has 2 rings (SSSR count). The molecular formula is C18H31N3O4. The van der Waals surface area contributed by atoms with Crippen LogP contribution in [0.4, 0.5) is 4.79 Å². The Morgan fingerprint density at radius 1 is 1.12 bits per heavy atom. The summed E-state index contributed by atoms with van der Waals surface area (Å²) < 4.78 is 5.00. The fraction of sp³-hybridized carbons (Fsp3) is 0.833. The molecule has 7 nitrogen and oxygen atoms in total. The number of nitrogens with one attached hydrogen (secondary N) is 1. The zero-order valence-electron chi connectivity index (χ0n) is 15.5. The van der Waals surface area contributed by atoms with Crippen molar-refractivity contribution in [1.29, 1.82) is 0 Å². The number of carbonyl (C=O) groups excluding carboxylic acids is 3. The molecule has 0 aromatic heterocycles. The molecule has 0 unspecified atom stereocenters. The quantitative estimate of drug-likeness (QED) is 0.791. The Labute approximate surface area is 150 Å². The average molecular weight is 353 g/mol. The molecule has 25 heavy (non-hydrogen) atoms. The molecule has 1 heterocycles. The molecule has 142 valence electrons. The minimum Gasteiger partial charge on any atom is -0.450 e. The van der Waals surface area contributed by atoms with E-state index in [1.54, 1.807) is 18.7 Å². The Bertz CT molecular complexity index is 469. The Kier molecular flexibility index (Phi) is 7.52. The lowest BCUT2D eigenvalue weighted by Gasteiger charge is -2.32. The molecule has 1 saturated heterocycles. The summed E-state index contributed by atoms with van der Waals surface area (Å²) in [5.74, 6) is 0.0428. The fourth-order valence-corrected chi connectivity index (χ4v) is 3.76. The predicted molar refractivity (Wildman–Crippen MR) is 94.0 cm³/mol. The molecule has 2 fully saturated rings. The molecule has 7 heteroatoms. The van der Waals surface area contributed by atoms with Gasteiger partial charge in [0.05, 0.1) is 6.61 Å². The maximum absolute atomic E-state index is 12.2. The van der Waals surface area contributed by atoms with Gasteiger partial charge in [0.25, 0.3) is 0 Å². The van der Waals surface area contributed by atoms with Crippen molar-refractivity contribution in [2.24, 2.45) is 0 Å². The largest absolute Gasteiger partial charge is 0.450 e. The highest BCUT2D eigenvalue weighted by Gasteiger charge is 2.27. The van der Waals surface area contributed by atoms with Crippen LogP contribution in [-0.2, 0) is 14.3 Å². The third-order valence-electron chi connectivity index (χ3n) is 5.14. The topological polar surface area (TPSA) is 79.0 Å². The van der Waals surface area contributed by atoms with Crippen molar-refractivity contribution in [2.75, 3.05) is 26.2 Å². The minimum atomic E-state index is -0.277. The van der Waals surface area contributed by atoms with Crippen LogP contribution < -0.4 is 5.32 Å².